The summed E-state index contributed by atoms with van der Waals surface area (Å²) in [6.45, 7) is 2.98. The van der Waals surface area contributed by atoms with Crippen molar-refractivity contribution in [3.05, 3.63) is 12.2 Å². The third-order valence-electron chi connectivity index (χ3n) is 2.77. The molecule has 1 saturated carbocycles. The van der Waals surface area contributed by atoms with Crippen molar-refractivity contribution in [2.45, 2.75) is 38.8 Å². The van der Waals surface area contributed by atoms with Crippen LogP contribution in [0, 0.1) is 5.92 Å². The first kappa shape index (κ1) is 8.69. The molecule has 1 aromatic rings. The lowest BCUT2D eigenvalue weighted by Crippen LogP contribution is -2.40. The Bertz CT molecular complexity index is 247. The van der Waals surface area contributed by atoms with Crippen molar-refractivity contribution in [2.75, 3.05) is 0 Å². The van der Waals surface area contributed by atoms with Crippen molar-refractivity contribution in [3.8, 4) is 0 Å². The van der Waals surface area contributed by atoms with E-state index in [2.05, 4.69) is 26.9 Å². The van der Waals surface area contributed by atoms with Gasteiger partial charge in [-0.15, -0.1) is 0 Å². The molecule has 1 aromatic heterocycles. The van der Waals surface area contributed by atoms with Gasteiger partial charge in [0.05, 0.1) is 6.54 Å². The third-order valence-corrected chi connectivity index (χ3v) is 2.77. The largest absolute Gasteiger partial charge is 0.343 e. The minimum absolute atomic E-state index is 0. The molecule has 0 unspecified atom stereocenters. The van der Waals surface area contributed by atoms with Crippen LogP contribution in [0.3, 0.4) is 0 Å². The molecule has 1 aliphatic carbocycles. The molecule has 13 heavy (non-hydrogen) atoms. The van der Waals surface area contributed by atoms with Crippen LogP contribution < -0.4 is 5.32 Å². The first-order chi connectivity index (χ1) is 6.38. The van der Waals surface area contributed by atoms with E-state index in [1.165, 1.54) is 25.7 Å². The van der Waals surface area contributed by atoms with Crippen molar-refractivity contribution >= 4 is 0 Å². The van der Waals surface area contributed by atoms with Crippen molar-refractivity contribution in [2.24, 2.45) is 5.92 Å². The van der Waals surface area contributed by atoms with Crippen LogP contribution in [0.1, 0.15) is 33.4 Å². The van der Waals surface area contributed by atoms with Gasteiger partial charge >= 0.3 is 0 Å². The maximum absolute atomic E-state index is 4.64. The second kappa shape index (κ2) is 3.87. The fraction of sp³-hybridized carbons (Fsp3) is 0.778. The van der Waals surface area contributed by atoms with Gasteiger partial charge in [0.15, 0.2) is 5.82 Å². The SMILES string of the molecule is CCC1CC(NCc2ncon2)C1.[HH]. The summed E-state index contributed by atoms with van der Waals surface area (Å²) in [7, 11) is 0. The molecule has 1 aliphatic rings. The summed E-state index contributed by atoms with van der Waals surface area (Å²) in [4.78, 5) is 3.95. The van der Waals surface area contributed by atoms with Gasteiger partial charge in [0.2, 0.25) is 6.39 Å². The molecule has 0 bridgehead atoms. The van der Waals surface area contributed by atoms with Crippen molar-refractivity contribution < 1.29 is 5.95 Å². The minimum atomic E-state index is 0. The monoisotopic (exact) mass is 183 g/mol. The number of nitrogens with zero attached hydrogens (tertiary/aromatic N) is 2. The Kier molecular flexibility index (Phi) is 2.59. The van der Waals surface area contributed by atoms with Gasteiger partial charge in [-0.25, -0.2) is 0 Å². The van der Waals surface area contributed by atoms with Crippen LogP contribution in [0.25, 0.3) is 0 Å². The first-order valence-corrected chi connectivity index (χ1v) is 4.87. The lowest BCUT2D eigenvalue weighted by molar-refractivity contribution is 0.214. The highest BCUT2D eigenvalue weighted by atomic mass is 16.5. The Morgan fingerprint density at radius 2 is 2.54 bits per heavy atom. The number of rotatable bonds is 4. The second-order valence-electron chi connectivity index (χ2n) is 3.67. The second-order valence-corrected chi connectivity index (χ2v) is 3.67. The van der Waals surface area contributed by atoms with Gasteiger partial charge in [-0.05, 0) is 18.8 Å². The average Bonchev–Trinajstić information content (AvgIpc) is 2.54. The third kappa shape index (κ3) is 2.06. The zero-order valence-electron chi connectivity index (χ0n) is 7.86. The Labute approximate surface area is 79.2 Å². The van der Waals surface area contributed by atoms with E-state index >= 15 is 0 Å². The van der Waals surface area contributed by atoms with Gasteiger partial charge in [-0.1, -0.05) is 18.5 Å². The standard InChI is InChI=1S/C9H15N3O.H2/c1-2-7-3-8(4-7)10-5-9-11-6-13-12-9;/h6-8,10H,2-5H2,1H3;1H. The van der Waals surface area contributed by atoms with Crippen LogP contribution in [-0.2, 0) is 6.54 Å². The van der Waals surface area contributed by atoms with Crippen molar-refractivity contribution in [3.63, 3.8) is 0 Å². The summed E-state index contributed by atoms with van der Waals surface area (Å²) in [6, 6.07) is 0.670. The van der Waals surface area contributed by atoms with Gasteiger partial charge in [0, 0.05) is 7.47 Å². The molecule has 0 aromatic carbocycles. The highest BCUT2D eigenvalue weighted by molar-refractivity contribution is 4.86. The highest BCUT2D eigenvalue weighted by Crippen LogP contribution is 2.29. The van der Waals surface area contributed by atoms with Crippen molar-refractivity contribution in [1.82, 2.24) is 15.5 Å². The number of hydrogen-bond donors (Lipinski definition) is 1. The van der Waals surface area contributed by atoms with Gasteiger partial charge in [-0.2, -0.15) is 4.98 Å². The van der Waals surface area contributed by atoms with E-state index in [9.17, 15) is 0 Å². The van der Waals surface area contributed by atoms with E-state index in [-0.39, 0.29) is 1.43 Å². The maximum atomic E-state index is 4.64. The summed E-state index contributed by atoms with van der Waals surface area (Å²) >= 11 is 0. The molecule has 0 radical (unpaired) electrons. The summed E-state index contributed by atoms with van der Waals surface area (Å²) in [5.74, 6) is 1.68. The molecule has 1 N–H and O–H groups in total. The maximum Gasteiger partial charge on any atom is 0.213 e. The topological polar surface area (TPSA) is 51.0 Å². The number of hydrogen-bond acceptors (Lipinski definition) is 4. The Morgan fingerprint density at radius 1 is 1.69 bits per heavy atom. The van der Waals surface area contributed by atoms with Crippen LogP contribution in [0.5, 0.6) is 0 Å². The molecule has 74 valence electrons. The molecule has 0 saturated heterocycles. The first-order valence-electron chi connectivity index (χ1n) is 4.87. The molecule has 1 heterocycles. The van der Waals surface area contributed by atoms with Crippen LogP contribution >= 0.6 is 0 Å². The molecular formula is C9H17N3O. The fourth-order valence-electron chi connectivity index (χ4n) is 1.74. The molecule has 4 heteroatoms. The summed E-state index contributed by atoms with van der Waals surface area (Å²) in [6.07, 6.45) is 5.27. The van der Waals surface area contributed by atoms with E-state index in [0.717, 1.165) is 18.3 Å². The zero-order valence-corrected chi connectivity index (χ0v) is 7.86. The normalized spacial score (nSPS) is 27.2. The quantitative estimate of drug-likeness (QED) is 0.770. The summed E-state index contributed by atoms with van der Waals surface area (Å²) < 4.78 is 4.64. The molecule has 2 rings (SSSR count). The predicted molar refractivity (Wildman–Crippen MR) is 50.1 cm³/mol. The number of nitrogens with one attached hydrogen (secondary N) is 1. The van der Waals surface area contributed by atoms with Crippen LogP contribution in [-0.4, -0.2) is 16.2 Å². The predicted octanol–water partition coefficient (Wildman–Crippen LogP) is 1.59. The van der Waals surface area contributed by atoms with E-state index in [0.29, 0.717) is 6.04 Å². The van der Waals surface area contributed by atoms with Gasteiger partial charge in [-0.3, -0.25) is 0 Å². The number of aromatic nitrogens is 2. The molecule has 0 aliphatic heterocycles. The van der Waals surface area contributed by atoms with E-state index in [1.54, 1.807) is 0 Å². The molecular weight excluding hydrogens is 166 g/mol. The van der Waals surface area contributed by atoms with Gasteiger partial charge < -0.3 is 9.84 Å². The average molecular weight is 183 g/mol. The molecule has 0 amide bonds. The van der Waals surface area contributed by atoms with Crippen molar-refractivity contribution in [1.29, 1.82) is 0 Å². The molecule has 0 spiro atoms. The van der Waals surface area contributed by atoms with Crippen LogP contribution in [0.15, 0.2) is 10.9 Å². The Morgan fingerprint density at radius 3 is 3.15 bits per heavy atom. The molecule has 4 nitrogen and oxygen atoms in total. The highest BCUT2D eigenvalue weighted by Gasteiger charge is 2.26. The van der Waals surface area contributed by atoms with E-state index in [4.69, 9.17) is 0 Å². The van der Waals surface area contributed by atoms with E-state index in [1.807, 2.05) is 0 Å². The molecule has 0 atom stereocenters. The fourth-order valence-corrected chi connectivity index (χ4v) is 1.74. The molecule has 1 fully saturated rings. The Hall–Kier alpha value is -0.900. The smallest absolute Gasteiger partial charge is 0.213 e. The zero-order chi connectivity index (χ0) is 9.10. The lowest BCUT2D eigenvalue weighted by Gasteiger charge is -2.35. The summed E-state index contributed by atoms with van der Waals surface area (Å²) in [5, 5.41) is 7.14. The minimum Gasteiger partial charge on any atom is -0.343 e. The van der Waals surface area contributed by atoms with Gasteiger partial charge in [0.1, 0.15) is 0 Å². The lowest BCUT2D eigenvalue weighted by atomic mass is 9.79. The summed E-state index contributed by atoms with van der Waals surface area (Å²) in [5.41, 5.74) is 0. The Balaban J connectivity index is 0.000000980. The van der Waals surface area contributed by atoms with Crippen LogP contribution in [0.4, 0.5) is 0 Å². The van der Waals surface area contributed by atoms with Gasteiger partial charge in [0.25, 0.3) is 0 Å². The van der Waals surface area contributed by atoms with E-state index < -0.39 is 0 Å². The van der Waals surface area contributed by atoms with Crippen LogP contribution in [0.2, 0.25) is 0 Å².